The number of nitrogens with zero attached hydrogens (tertiary/aromatic N) is 3. The van der Waals surface area contributed by atoms with Gasteiger partial charge in [-0.2, -0.15) is 10.2 Å². The summed E-state index contributed by atoms with van der Waals surface area (Å²) in [4.78, 5) is 27.1. The van der Waals surface area contributed by atoms with Gasteiger partial charge in [-0.25, -0.2) is 4.79 Å². The second-order valence-corrected chi connectivity index (χ2v) is 7.41. The van der Waals surface area contributed by atoms with Crippen LogP contribution in [-0.2, 0) is 16.8 Å². The van der Waals surface area contributed by atoms with Crippen molar-refractivity contribution in [3.63, 3.8) is 0 Å². The number of rotatable bonds is 2. The number of hydrogen-bond acceptors (Lipinski definition) is 6. The number of carboxylic acid groups (broad SMARTS) is 1. The first-order valence-electron chi connectivity index (χ1n) is 8.15. The quantitative estimate of drug-likeness (QED) is 0.881. The van der Waals surface area contributed by atoms with E-state index in [-0.39, 0.29) is 5.91 Å². The summed E-state index contributed by atoms with van der Waals surface area (Å²) in [6.45, 7) is 1.73. The highest BCUT2D eigenvalue weighted by atomic mass is 32.1. The monoisotopic (exact) mass is 359 g/mol. The number of hydrogen-bond donors (Lipinski definition) is 1. The molecule has 2 aromatic heterocycles. The summed E-state index contributed by atoms with van der Waals surface area (Å²) in [6.07, 6.45) is 5.06. The molecular weight excluding hydrogens is 342 g/mol. The molecule has 1 fully saturated rings. The lowest BCUT2D eigenvalue weighted by Gasteiger charge is -2.44. The van der Waals surface area contributed by atoms with Gasteiger partial charge in [0, 0.05) is 24.4 Å². The first-order valence-corrected chi connectivity index (χ1v) is 8.97. The van der Waals surface area contributed by atoms with Gasteiger partial charge in [0.1, 0.15) is 4.88 Å². The Bertz CT molecular complexity index is 813. The molecule has 8 heteroatoms. The van der Waals surface area contributed by atoms with Gasteiger partial charge in [-0.15, -0.1) is 11.3 Å². The average Bonchev–Trinajstić information content (AvgIpc) is 3.09. The molecular formula is C17H17N3O4S. The molecule has 0 bridgehead atoms. The first-order chi connectivity index (χ1) is 12.1. The second kappa shape index (κ2) is 6.20. The largest absolute Gasteiger partial charge is 0.477 e. The molecule has 2 aliphatic rings. The molecule has 2 aromatic rings. The lowest BCUT2D eigenvalue weighted by molar-refractivity contribution is -0.0926. The number of fused-ring (bicyclic) bond motifs is 2. The van der Waals surface area contributed by atoms with Crippen molar-refractivity contribution in [1.82, 2.24) is 15.1 Å². The zero-order chi connectivity index (χ0) is 17.4. The maximum Gasteiger partial charge on any atom is 0.345 e. The molecule has 130 valence electrons. The van der Waals surface area contributed by atoms with Crippen LogP contribution < -0.4 is 0 Å². The second-order valence-electron chi connectivity index (χ2n) is 6.27. The first kappa shape index (κ1) is 16.2. The number of carbonyl (C=O) groups excluding carboxylic acids is 1. The Labute approximate surface area is 148 Å². The highest BCUT2D eigenvalue weighted by Gasteiger charge is 2.43. The summed E-state index contributed by atoms with van der Waals surface area (Å²) in [7, 11) is 0. The average molecular weight is 359 g/mol. The summed E-state index contributed by atoms with van der Waals surface area (Å²) in [6, 6.07) is 3.42. The van der Waals surface area contributed by atoms with Crippen molar-refractivity contribution in [3.8, 4) is 0 Å². The number of aromatic carboxylic acids is 1. The topological polar surface area (TPSA) is 92.6 Å². The number of thiophene rings is 1. The minimum absolute atomic E-state index is 0.0580. The number of carbonyl (C=O) groups is 2. The number of aromatic nitrogens is 2. The molecule has 0 aromatic carbocycles. The summed E-state index contributed by atoms with van der Waals surface area (Å²) in [5, 5.41) is 16.7. The summed E-state index contributed by atoms with van der Waals surface area (Å²) >= 11 is 1.34. The third-order valence-electron chi connectivity index (χ3n) is 4.91. The van der Waals surface area contributed by atoms with Gasteiger partial charge in [-0.05, 0) is 30.5 Å². The molecule has 0 radical (unpaired) electrons. The van der Waals surface area contributed by atoms with Gasteiger partial charge in [-0.1, -0.05) is 0 Å². The van der Waals surface area contributed by atoms with E-state index in [2.05, 4.69) is 10.2 Å². The van der Waals surface area contributed by atoms with Gasteiger partial charge >= 0.3 is 5.97 Å². The molecule has 2 aliphatic heterocycles. The third-order valence-corrected chi connectivity index (χ3v) is 6.09. The number of ether oxygens (including phenoxy) is 1. The van der Waals surface area contributed by atoms with Crippen molar-refractivity contribution in [2.24, 2.45) is 0 Å². The Morgan fingerprint density at radius 1 is 1.28 bits per heavy atom. The molecule has 1 N–H and O–H groups in total. The standard InChI is InChI=1S/C17H17N3O4S/c21-15(11-1-5-18-19-10-11)20-6-3-17(4-7-20)12-9-14(16(22)23)25-13(12)2-8-24-17/h1,5,9-10H,2-4,6-8H2,(H,22,23). The number of carboxylic acids is 1. The molecule has 0 saturated carbocycles. The molecule has 1 saturated heterocycles. The van der Waals surface area contributed by atoms with E-state index >= 15 is 0 Å². The maximum absolute atomic E-state index is 12.6. The Morgan fingerprint density at radius 2 is 2.08 bits per heavy atom. The van der Waals surface area contributed by atoms with Crippen molar-refractivity contribution < 1.29 is 19.4 Å². The van der Waals surface area contributed by atoms with Crippen LogP contribution >= 0.6 is 11.3 Å². The van der Waals surface area contributed by atoms with Crippen molar-refractivity contribution in [1.29, 1.82) is 0 Å². The van der Waals surface area contributed by atoms with Crippen molar-refractivity contribution in [3.05, 3.63) is 45.4 Å². The predicted octanol–water partition coefficient (Wildman–Crippen LogP) is 1.94. The van der Waals surface area contributed by atoms with Gasteiger partial charge in [0.2, 0.25) is 0 Å². The van der Waals surface area contributed by atoms with Gasteiger partial charge in [0.15, 0.2) is 0 Å². The highest BCUT2D eigenvalue weighted by molar-refractivity contribution is 7.14. The smallest absolute Gasteiger partial charge is 0.345 e. The molecule has 0 atom stereocenters. The van der Waals surface area contributed by atoms with Crippen molar-refractivity contribution in [2.75, 3.05) is 19.7 Å². The van der Waals surface area contributed by atoms with Crippen LogP contribution in [0.3, 0.4) is 0 Å². The van der Waals surface area contributed by atoms with Crippen molar-refractivity contribution in [2.45, 2.75) is 24.9 Å². The molecule has 7 nitrogen and oxygen atoms in total. The summed E-state index contributed by atoms with van der Waals surface area (Å²) in [5.74, 6) is -0.954. The Kier molecular flexibility index (Phi) is 4.01. The van der Waals surface area contributed by atoms with Crippen LogP contribution in [-0.4, -0.2) is 51.8 Å². The Hall–Kier alpha value is -2.32. The molecule has 4 rings (SSSR count). The van der Waals surface area contributed by atoms with Crippen LogP contribution in [0.1, 0.15) is 43.3 Å². The molecule has 1 spiro atoms. The zero-order valence-electron chi connectivity index (χ0n) is 13.5. The predicted molar refractivity (Wildman–Crippen MR) is 89.8 cm³/mol. The van der Waals surface area contributed by atoms with Gasteiger partial charge in [-0.3, -0.25) is 4.79 Å². The Morgan fingerprint density at radius 3 is 2.76 bits per heavy atom. The van der Waals surface area contributed by atoms with Crippen LogP contribution in [0.5, 0.6) is 0 Å². The fourth-order valence-electron chi connectivity index (χ4n) is 3.61. The maximum atomic E-state index is 12.6. The van der Waals surface area contributed by atoms with E-state index in [0.717, 1.165) is 16.9 Å². The fraction of sp³-hybridized carbons (Fsp3) is 0.412. The molecule has 25 heavy (non-hydrogen) atoms. The van der Waals surface area contributed by atoms with E-state index in [1.54, 1.807) is 17.0 Å². The number of amides is 1. The highest BCUT2D eigenvalue weighted by Crippen LogP contribution is 2.44. The van der Waals surface area contributed by atoms with Crippen LogP contribution in [0.2, 0.25) is 0 Å². The van der Waals surface area contributed by atoms with Crippen LogP contribution in [0.25, 0.3) is 0 Å². The Balaban J connectivity index is 1.54. The van der Waals surface area contributed by atoms with Crippen LogP contribution in [0.4, 0.5) is 0 Å². The zero-order valence-corrected chi connectivity index (χ0v) is 14.3. The van der Waals surface area contributed by atoms with E-state index in [1.165, 1.54) is 23.7 Å². The molecule has 0 aliphatic carbocycles. The third kappa shape index (κ3) is 2.81. The van der Waals surface area contributed by atoms with Gasteiger partial charge in [0.05, 0.1) is 30.2 Å². The lowest BCUT2D eigenvalue weighted by Crippen LogP contribution is -2.48. The van der Waals surface area contributed by atoms with Crippen LogP contribution in [0.15, 0.2) is 24.5 Å². The van der Waals surface area contributed by atoms with E-state index in [4.69, 9.17) is 4.74 Å². The summed E-state index contributed by atoms with van der Waals surface area (Å²) in [5.41, 5.74) is 1.06. The van der Waals surface area contributed by atoms with Crippen molar-refractivity contribution >= 4 is 23.2 Å². The van der Waals surface area contributed by atoms with E-state index in [0.29, 0.717) is 43.0 Å². The fourth-order valence-corrected chi connectivity index (χ4v) is 4.68. The minimum Gasteiger partial charge on any atom is -0.477 e. The van der Waals surface area contributed by atoms with E-state index in [1.807, 2.05) is 0 Å². The van der Waals surface area contributed by atoms with Gasteiger partial charge in [0.25, 0.3) is 5.91 Å². The molecule has 1 amide bonds. The molecule has 0 unspecified atom stereocenters. The number of piperidine rings is 1. The minimum atomic E-state index is -0.896. The van der Waals surface area contributed by atoms with E-state index in [9.17, 15) is 14.7 Å². The SMILES string of the molecule is O=C(O)c1cc2c(s1)CCOC21CCN(C(=O)c2ccnnc2)CC1. The van der Waals surface area contributed by atoms with Gasteiger partial charge < -0.3 is 14.7 Å². The van der Waals surface area contributed by atoms with Crippen LogP contribution in [0, 0.1) is 0 Å². The van der Waals surface area contributed by atoms with E-state index < -0.39 is 11.6 Å². The summed E-state index contributed by atoms with van der Waals surface area (Å²) < 4.78 is 6.11. The molecule has 4 heterocycles. The normalized spacial score (nSPS) is 18.8. The number of likely N-dealkylation sites (tertiary alicyclic amines) is 1. The lowest BCUT2D eigenvalue weighted by atomic mass is 9.82.